The second-order valence-electron chi connectivity index (χ2n) is 4.21. The minimum atomic E-state index is -1.12. The highest BCUT2D eigenvalue weighted by Crippen LogP contribution is 2.29. The normalized spacial score (nSPS) is 10.2. The van der Waals surface area contributed by atoms with Gasteiger partial charge in [0.2, 0.25) is 0 Å². The predicted octanol–water partition coefficient (Wildman–Crippen LogP) is 1.91. The van der Waals surface area contributed by atoms with Gasteiger partial charge >= 0.3 is 11.9 Å². The monoisotopic (exact) mass is 272 g/mol. The molecule has 0 aromatic heterocycles. The molecule has 102 valence electrons. The van der Waals surface area contributed by atoms with Crippen LogP contribution in [0.2, 0.25) is 0 Å². The number of carboxylic acid groups (broad SMARTS) is 2. The molecule has 0 atom stereocenters. The summed E-state index contributed by atoms with van der Waals surface area (Å²) in [6, 6.07) is 8.67. The molecule has 2 aromatic rings. The molecular weight excluding hydrogens is 260 g/mol. The second-order valence-corrected chi connectivity index (χ2v) is 4.21. The van der Waals surface area contributed by atoms with Crippen molar-refractivity contribution < 1.29 is 19.8 Å². The third kappa shape index (κ3) is 2.39. The van der Waals surface area contributed by atoms with E-state index in [1.54, 1.807) is 0 Å². The molecule has 6 heteroatoms. The van der Waals surface area contributed by atoms with Crippen LogP contribution in [0.5, 0.6) is 0 Å². The van der Waals surface area contributed by atoms with E-state index in [2.05, 4.69) is 0 Å². The molecule has 0 unspecified atom stereocenters. The lowest BCUT2D eigenvalue weighted by Gasteiger charge is -2.09. The number of benzene rings is 2. The number of carbonyl (C=O) groups is 2. The minimum absolute atomic E-state index is 0.0123. The van der Waals surface area contributed by atoms with Crippen LogP contribution in [-0.4, -0.2) is 22.2 Å². The Hall–Kier alpha value is -3.02. The highest BCUT2D eigenvalue weighted by molar-refractivity contribution is 5.96. The van der Waals surface area contributed by atoms with Gasteiger partial charge in [0.1, 0.15) is 0 Å². The molecule has 6 nitrogen and oxygen atoms in total. The van der Waals surface area contributed by atoms with Gasteiger partial charge < -0.3 is 21.7 Å². The molecule has 0 bridgehead atoms. The maximum absolute atomic E-state index is 11.0. The number of hydrogen-bond donors (Lipinski definition) is 4. The Balaban J connectivity index is 2.56. The number of carboxylic acids is 2. The summed E-state index contributed by atoms with van der Waals surface area (Å²) in [5.74, 6) is -2.19. The summed E-state index contributed by atoms with van der Waals surface area (Å²) < 4.78 is 0. The van der Waals surface area contributed by atoms with Crippen molar-refractivity contribution in [2.75, 3.05) is 11.5 Å². The first-order chi connectivity index (χ1) is 9.40. The average Bonchev–Trinajstić information content (AvgIpc) is 2.38. The van der Waals surface area contributed by atoms with E-state index >= 15 is 0 Å². The summed E-state index contributed by atoms with van der Waals surface area (Å²) in [5, 5.41) is 17.9. The van der Waals surface area contributed by atoms with Gasteiger partial charge in [-0.1, -0.05) is 6.07 Å². The average molecular weight is 272 g/mol. The smallest absolute Gasteiger partial charge is 0.337 e. The molecule has 0 spiro atoms. The van der Waals surface area contributed by atoms with Crippen molar-refractivity contribution in [2.24, 2.45) is 0 Å². The molecule has 0 aliphatic heterocycles. The van der Waals surface area contributed by atoms with Gasteiger partial charge in [0.25, 0.3) is 0 Å². The van der Waals surface area contributed by atoms with Crippen molar-refractivity contribution in [1.82, 2.24) is 0 Å². The van der Waals surface area contributed by atoms with Crippen LogP contribution in [0.25, 0.3) is 11.1 Å². The zero-order valence-corrected chi connectivity index (χ0v) is 10.3. The van der Waals surface area contributed by atoms with E-state index in [4.69, 9.17) is 21.7 Å². The van der Waals surface area contributed by atoms with Gasteiger partial charge in [-0.2, -0.15) is 0 Å². The fourth-order valence-electron chi connectivity index (χ4n) is 1.86. The largest absolute Gasteiger partial charge is 0.478 e. The summed E-state index contributed by atoms with van der Waals surface area (Å²) in [5.41, 5.74) is 13.1. The molecule has 0 radical (unpaired) electrons. The molecule has 0 aliphatic carbocycles. The number of hydrogen-bond acceptors (Lipinski definition) is 4. The molecule has 20 heavy (non-hydrogen) atoms. The van der Waals surface area contributed by atoms with Gasteiger partial charge in [0, 0.05) is 16.9 Å². The number of nitrogens with two attached hydrogens (primary N) is 2. The first-order valence-corrected chi connectivity index (χ1v) is 5.66. The maximum Gasteiger partial charge on any atom is 0.337 e. The SMILES string of the molecule is Nc1cc(-c2cc(C(=O)O)ccc2N)ccc1C(=O)O. The summed E-state index contributed by atoms with van der Waals surface area (Å²) in [6.07, 6.45) is 0. The van der Waals surface area contributed by atoms with Crippen LogP contribution in [0.15, 0.2) is 36.4 Å². The molecule has 0 amide bonds. The Bertz CT molecular complexity index is 710. The van der Waals surface area contributed by atoms with Crippen molar-refractivity contribution in [3.63, 3.8) is 0 Å². The summed E-state index contributed by atoms with van der Waals surface area (Å²) in [4.78, 5) is 21.9. The third-order valence-corrected chi connectivity index (χ3v) is 2.89. The first-order valence-electron chi connectivity index (χ1n) is 5.66. The minimum Gasteiger partial charge on any atom is -0.478 e. The third-order valence-electron chi connectivity index (χ3n) is 2.89. The topological polar surface area (TPSA) is 127 Å². The van der Waals surface area contributed by atoms with Crippen LogP contribution in [0, 0.1) is 0 Å². The summed E-state index contributed by atoms with van der Waals surface area (Å²) in [6.45, 7) is 0. The molecule has 0 fully saturated rings. The van der Waals surface area contributed by atoms with Crippen molar-refractivity contribution in [1.29, 1.82) is 0 Å². The Kier molecular flexibility index (Phi) is 3.30. The van der Waals surface area contributed by atoms with E-state index in [9.17, 15) is 9.59 Å². The Labute approximate surface area is 114 Å². The second kappa shape index (κ2) is 4.93. The van der Waals surface area contributed by atoms with Crippen molar-refractivity contribution in [3.05, 3.63) is 47.5 Å². The van der Waals surface area contributed by atoms with Gasteiger partial charge in [0.05, 0.1) is 11.1 Å². The lowest BCUT2D eigenvalue weighted by Crippen LogP contribution is -2.03. The predicted molar refractivity (Wildman–Crippen MR) is 74.6 cm³/mol. The maximum atomic E-state index is 11.0. The van der Waals surface area contributed by atoms with Gasteiger partial charge in [-0.25, -0.2) is 9.59 Å². The highest BCUT2D eigenvalue weighted by Gasteiger charge is 2.12. The molecule has 2 aromatic carbocycles. The molecule has 0 saturated carbocycles. The molecule has 0 heterocycles. The zero-order chi connectivity index (χ0) is 14.9. The molecule has 2 rings (SSSR count). The molecule has 0 aliphatic rings. The van der Waals surface area contributed by atoms with E-state index in [0.717, 1.165) is 0 Å². The molecule has 6 N–H and O–H groups in total. The van der Waals surface area contributed by atoms with Crippen LogP contribution < -0.4 is 11.5 Å². The van der Waals surface area contributed by atoms with Crippen LogP contribution in [0.1, 0.15) is 20.7 Å². The van der Waals surface area contributed by atoms with E-state index in [0.29, 0.717) is 16.8 Å². The van der Waals surface area contributed by atoms with Crippen molar-refractivity contribution in [2.45, 2.75) is 0 Å². The van der Waals surface area contributed by atoms with Crippen LogP contribution in [0.3, 0.4) is 0 Å². The molecular formula is C14H12N2O4. The Morgan fingerprint density at radius 1 is 0.850 bits per heavy atom. The zero-order valence-electron chi connectivity index (χ0n) is 10.3. The van der Waals surface area contributed by atoms with E-state index in [1.165, 1.54) is 36.4 Å². The van der Waals surface area contributed by atoms with Gasteiger partial charge in [-0.15, -0.1) is 0 Å². The van der Waals surface area contributed by atoms with Crippen LogP contribution in [0.4, 0.5) is 11.4 Å². The summed E-state index contributed by atoms with van der Waals surface area (Å²) >= 11 is 0. The number of aromatic carboxylic acids is 2. The lowest BCUT2D eigenvalue weighted by molar-refractivity contribution is 0.0686. The number of rotatable bonds is 3. The van der Waals surface area contributed by atoms with Crippen molar-refractivity contribution in [3.8, 4) is 11.1 Å². The van der Waals surface area contributed by atoms with E-state index < -0.39 is 11.9 Å². The Morgan fingerprint density at radius 3 is 2.10 bits per heavy atom. The van der Waals surface area contributed by atoms with Gasteiger partial charge in [0.15, 0.2) is 0 Å². The fraction of sp³-hybridized carbons (Fsp3) is 0. The standard InChI is InChI=1S/C14H12N2O4/c15-11-4-2-8(13(17)18)5-10(11)7-1-3-9(14(19)20)12(16)6-7/h1-6H,15-16H2,(H,17,18)(H,19,20). The fourth-order valence-corrected chi connectivity index (χ4v) is 1.86. The van der Waals surface area contributed by atoms with E-state index in [1.807, 2.05) is 0 Å². The first kappa shape index (κ1) is 13.4. The Morgan fingerprint density at radius 2 is 1.55 bits per heavy atom. The van der Waals surface area contributed by atoms with Crippen molar-refractivity contribution >= 4 is 23.3 Å². The number of nitrogen functional groups attached to an aromatic ring is 2. The van der Waals surface area contributed by atoms with Gasteiger partial charge in [-0.05, 0) is 35.9 Å². The van der Waals surface area contributed by atoms with Gasteiger partial charge in [-0.3, -0.25) is 0 Å². The van der Waals surface area contributed by atoms with Crippen LogP contribution in [-0.2, 0) is 0 Å². The number of anilines is 2. The molecule has 0 saturated heterocycles. The van der Waals surface area contributed by atoms with Crippen LogP contribution >= 0.6 is 0 Å². The highest BCUT2D eigenvalue weighted by atomic mass is 16.4. The van der Waals surface area contributed by atoms with E-state index in [-0.39, 0.29) is 16.8 Å². The lowest BCUT2D eigenvalue weighted by atomic mass is 9.99. The quantitative estimate of drug-likeness (QED) is 0.632. The summed E-state index contributed by atoms with van der Waals surface area (Å²) in [7, 11) is 0.